The summed E-state index contributed by atoms with van der Waals surface area (Å²) in [7, 11) is 1.94. The Balaban J connectivity index is 0.000000735. The van der Waals surface area contributed by atoms with E-state index in [0.29, 0.717) is 13.0 Å². The van der Waals surface area contributed by atoms with E-state index in [1.807, 2.05) is 26.1 Å². The predicted molar refractivity (Wildman–Crippen MR) is 122 cm³/mol. The number of nitrogens with two attached hydrogens (primary N) is 1. The van der Waals surface area contributed by atoms with Crippen LogP contribution in [0.25, 0.3) is 11.3 Å². The fraction of sp³-hybridized carbons (Fsp3) is 0.250. The molecule has 0 saturated heterocycles. The first kappa shape index (κ1) is 22.9. The Kier molecular flexibility index (Phi) is 8.38. The topological polar surface area (TPSA) is 89.3 Å². The molecule has 3 rings (SSSR count). The molecular formula is C24H30N4O2. The zero-order chi connectivity index (χ0) is 22.1. The minimum Gasteiger partial charge on any atom is -0.489 e. The summed E-state index contributed by atoms with van der Waals surface area (Å²) < 4.78 is 6.18. The zero-order valence-corrected chi connectivity index (χ0v) is 18.2. The molecule has 30 heavy (non-hydrogen) atoms. The Hall–Kier alpha value is -3.38. The highest BCUT2D eigenvalue weighted by molar-refractivity contribution is 5.66. The molecule has 3 aromatic rings. The first-order valence-electron chi connectivity index (χ1n) is 9.75. The molecule has 0 aliphatic rings. The van der Waals surface area contributed by atoms with E-state index in [4.69, 9.17) is 9.53 Å². The van der Waals surface area contributed by atoms with Gasteiger partial charge in [-0.3, -0.25) is 15.2 Å². The van der Waals surface area contributed by atoms with E-state index in [0.717, 1.165) is 34.0 Å². The summed E-state index contributed by atoms with van der Waals surface area (Å²) in [5, 5.41) is 3.25. The van der Waals surface area contributed by atoms with E-state index in [1.165, 1.54) is 16.7 Å². The predicted octanol–water partition coefficient (Wildman–Crippen LogP) is 4.21. The lowest BCUT2D eigenvalue weighted by Gasteiger charge is -2.16. The Morgan fingerprint density at radius 2 is 1.70 bits per heavy atom. The molecule has 0 aliphatic carbocycles. The number of pyridine rings is 1. The van der Waals surface area contributed by atoms with Crippen LogP contribution in [-0.2, 0) is 11.4 Å². The standard InChI is InChI=1S/C23H26N2O.CH4N2O/c1-15-8-6-10-21(24-5)20(15)14-26-23-13-16(2)19(12-17(23)3)22-11-7-9-18(4)25-22;2-3-1-4/h6-13,24H,14H2,1-5H3;1H,2H2,(H,3,4). The van der Waals surface area contributed by atoms with Crippen LogP contribution in [0.1, 0.15) is 27.9 Å². The van der Waals surface area contributed by atoms with E-state index >= 15 is 0 Å². The highest BCUT2D eigenvalue weighted by atomic mass is 16.5. The number of nitrogens with one attached hydrogen (secondary N) is 2. The van der Waals surface area contributed by atoms with Gasteiger partial charge in [-0.05, 0) is 74.7 Å². The lowest BCUT2D eigenvalue weighted by molar-refractivity contribution is -0.109. The SMILES string of the molecule is CNc1cccc(C)c1COc1cc(C)c(-c2cccc(C)n2)cc1C.NNC=O. The van der Waals surface area contributed by atoms with Crippen molar-refractivity contribution < 1.29 is 9.53 Å². The molecule has 0 radical (unpaired) electrons. The molecule has 0 unspecified atom stereocenters. The quantitative estimate of drug-likeness (QED) is 0.247. The van der Waals surface area contributed by atoms with E-state index in [-0.39, 0.29) is 0 Å². The normalized spacial score (nSPS) is 9.93. The molecule has 6 nitrogen and oxygen atoms in total. The lowest BCUT2D eigenvalue weighted by Crippen LogP contribution is -2.18. The largest absolute Gasteiger partial charge is 0.489 e. The number of anilines is 1. The summed E-state index contributed by atoms with van der Waals surface area (Å²) in [6, 6.07) is 16.7. The molecule has 0 saturated carbocycles. The molecule has 0 spiro atoms. The van der Waals surface area contributed by atoms with Gasteiger partial charge in [-0.25, -0.2) is 5.84 Å². The van der Waals surface area contributed by atoms with Crippen molar-refractivity contribution >= 4 is 12.1 Å². The highest BCUT2D eigenvalue weighted by Crippen LogP contribution is 2.30. The van der Waals surface area contributed by atoms with Crippen molar-refractivity contribution in [1.82, 2.24) is 10.4 Å². The first-order valence-corrected chi connectivity index (χ1v) is 9.75. The van der Waals surface area contributed by atoms with E-state index in [1.54, 1.807) is 5.43 Å². The van der Waals surface area contributed by atoms with Gasteiger partial charge in [0.2, 0.25) is 6.41 Å². The number of hydrazine groups is 1. The smallest absolute Gasteiger partial charge is 0.221 e. The second-order valence-corrected chi connectivity index (χ2v) is 7.02. The van der Waals surface area contributed by atoms with E-state index in [2.05, 4.69) is 73.3 Å². The summed E-state index contributed by atoms with van der Waals surface area (Å²) in [5.41, 5.74) is 10.8. The molecule has 1 amide bonds. The molecule has 0 aliphatic heterocycles. The number of nitrogens with zero attached hydrogens (tertiary/aromatic N) is 1. The number of rotatable bonds is 6. The molecule has 6 heteroatoms. The van der Waals surface area contributed by atoms with E-state index < -0.39 is 0 Å². The summed E-state index contributed by atoms with van der Waals surface area (Å²) >= 11 is 0. The number of carbonyl (C=O) groups is 1. The number of hydrogen-bond donors (Lipinski definition) is 3. The molecule has 0 bridgehead atoms. The highest BCUT2D eigenvalue weighted by Gasteiger charge is 2.11. The molecule has 1 aromatic heterocycles. The van der Waals surface area contributed by atoms with Crippen molar-refractivity contribution in [3.63, 3.8) is 0 Å². The maximum atomic E-state index is 8.94. The van der Waals surface area contributed by atoms with Crippen LogP contribution in [-0.4, -0.2) is 18.4 Å². The Morgan fingerprint density at radius 1 is 1.00 bits per heavy atom. The Labute approximate surface area is 178 Å². The van der Waals surface area contributed by atoms with Gasteiger partial charge in [0.25, 0.3) is 0 Å². The fourth-order valence-corrected chi connectivity index (χ4v) is 3.19. The number of benzene rings is 2. The molecule has 4 N–H and O–H groups in total. The van der Waals surface area contributed by atoms with Gasteiger partial charge >= 0.3 is 0 Å². The van der Waals surface area contributed by atoms with Crippen molar-refractivity contribution in [2.24, 2.45) is 5.84 Å². The average molecular weight is 407 g/mol. The van der Waals surface area contributed by atoms with Gasteiger partial charge in [-0.2, -0.15) is 0 Å². The van der Waals surface area contributed by atoms with Crippen LogP contribution in [0.2, 0.25) is 0 Å². The molecule has 0 atom stereocenters. The second kappa shape index (κ2) is 11.0. The maximum Gasteiger partial charge on any atom is 0.221 e. The van der Waals surface area contributed by atoms with Gasteiger partial charge in [0.05, 0.1) is 5.69 Å². The van der Waals surface area contributed by atoms with Gasteiger partial charge in [0, 0.05) is 29.6 Å². The van der Waals surface area contributed by atoms with Crippen LogP contribution >= 0.6 is 0 Å². The average Bonchev–Trinajstić information content (AvgIpc) is 2.74. The number of aromatic nitrogens is 1. The minimum absolute atomic E-state index is 0.403. The van der Waals surface area contributed by atoms with E-state index in [9.17, 15) is 0 Å². The third-order valence-electron chi connectivity index (χ3n) is 4.81. The summed E-state index contributed by atoms with van der Waals surface area (Å²) in [6.07, 6.45) is 0.403. The molecule has 158 valence electrons. The monoisotopic (exact) mass is 406 g/mol. The molecular weight excluding hydrogens is 376 g/mol. The van der Waals surface area contributed by atoms with Crippen LogP contribution in [0.5, 0.6) is 5.75 Å². The second-order valence-electron chi connectivity index (χ2n) is 7.02. The Morgan fingerprint density at radius 3 is 2.33 bits per heavy atom. The third kappa shape index (κ3) is 5.81. The van der Waals surface area contributed by atoms with Crippen LogP contribution < -0.4 is 21.3 Å². The number of amides is 1. The van der Waals surface area contributed by atoms with Crippen molar-refractivity contribution in [2.45, 2.75) is 34.3 Å². The van der Waals surface area contributed by atoms with Crippen molar-refractivity contribution in [3.8, 4) is 17.0 Å². The van der Waals surface area contributed by atoms with Crippen LogP contribution in [0.3, 0.4) is 0 Å². The maximum absolute atomic E-state index is 8.94. The van der Waals surface area contributed by atoms with Gasteiger partial charge in [-0.1, -0.05) is 18.2 Å². The lowest BCUT2D eigenvalue weighted by atomic mass is 10.0. The fourth-order valence-electron chi connectivity index (χ4n) is 3.19. The summed E-state index contributed by atoms with van der Waals surface area (Å²) in [5.74, 6) is 5.33. The molecule has 2 aromatic carbocycles. The van der Waals surface area contributed by atoms with Gasteiger partial charge in [0.15, 0.2) is 0 Å². The van der Waals surface area contributed by atoms with Crippen molar-refractivity contribution in [2.75, 3.05) is 12.4 Å². The number of carbonyl (C=O) groups excluding carboxylic acids is 1. The first-order chi connectivity index (χ1) is 14.4. The third-order valence-corrected chi connectivity index (χ3v) is 4.81. The number of ether oxygens (including phenoxy) is 1. The van der Waals surface area contributed by atoms with Crippen LogP contribution in [0, 0.1) is 27.7 Å². The van der Waals surface area contributed by atoms with Gasteiger partial charge < -0.3 is 10.1 Å². The number of aryl methyl sites for hydroxylation is 4. The van der Waals surface area contributed by atoms with Crippen molar-refractivity contribution in [1.29, 1.82) is 0 Å². The Bertz CT molecular complexity index is 1000. The zero-order valence-electron chi connectivity index (χ0n) is 18.2. The van der Waals surface area contributed by atoms with Gasteiger partial charge in [-0.15, -0.1) is 0 Å². The van der Waals surface area contributed by atoms with Crippen molar-refractivity contribution in [3.05, 3.63) is 76.5 Å². The summed E-state index contributed by atoms with van der Waals surface area (Å²) in [4.78, 5) is 13.6. The minimum atomic E-state index is 0.403. The van der Waals surface area contributed by atoms with Crippen LogP contribution in [0.4, 0.5) is 5.69 Å². The van der Waals surface area contributed by atoms with Crippen LogP contribution in [0.15, 0.2) is 48.5 Å². The van der Waals surface area contributed by atoms with Gasteiger partial charge in [0.1, 0.15) is 12.4 Å². The summed E-state index contributed by atoms with van der Waals surface area (Å²) in [6.45, 7) is 8.88. The molecule has 0 fully saturated rings. The molecule has 1 heterocycles. The number of hydrogen-bond acceptors (Lipinski definition) is 5.